The van der Waals surface area contributed by atoms with Crippen molar-refractivity contribution in [2.75, 3.05) is 13.2 Å². The quantitative estimate of drug-likeness (QED) is 0.453. The highest BCUT2D eigenvalue weighted by atomic mass is 16.5. The monoisotopic (exact) mass is 276 g/mol. The number of amides is 2. The van der Waals surface area contributed by atoms with E-state index in [4.69, 9.17) is 4.74 Å². The Hall–Kier alpha value is -2.28. The number of ether oxygens (including phenoxy) is 1. The van der Waals surface area contributed by atoms with Crippen molar-refractivity contribution in [1.82, 2.24) is 15.7 Å². The van der Waals surface area contributed by atoms with Gasteiger partial charge in [0.15, 0.2) is 0 Å². The predicted octanol–water partition coefficient (Wildman–Crippen LogP) is -0.173. The summed E-state index contributed by atoms with van der Waals surface area (Å²) in [4.78, 5) is 26.8. The molecule has 0 radical (unpaired) electrons. The Morgan fingerprint density at radius 1 is 1.50 bits per heavy atom. The Morgan fingerprint density at radius 2 is 2.40 bits per heavy atom. The van der Waals surface area contributed by atoms with Gasteiger partial charge < -0.3 is 10.1 Å². The normalized spacial score (nSPS) is 18.1. The van der Waals surface area contributed by atoms with Crippen LogP contribution in [-0.2, 0) is 14.3 Å². The molecule has 0 saturated carbocycles. The van der Waals surface area contributed by atoms with Crippen LogP contribution < -0.4 is 10.7 Å². The lowest BCUT2D eigenvalue weighted by atomic mass is 10.2. The van der Waals surface area contributed by atoms with E-state index in [1.54, 1.807) is 24.5 Å². The second-order valence-electron chi connectivity index (χ2n) is 4.33. The van der Waals surface area contributed by atoms with Gasteiger partial charge in [-0.1, -0.05) is 6.07 Å². The first-order valence-electron chi connectivity index (χ1n) is 6.38. The summed E-state index contributed by atoms with van der Waals surface area (Å²) in [7, 11) is 0. The van der Waals surface area contributed by atoms with E-state index in [9.17, 15) is 9.59 Å². The van der Waals surface area contributed by atoms with E-state index in [-0.39, 0.29) is 6.10 Å². The molecule has 1 fully saturated rings. The fourth-order valence-electron chi connectivity index (χ4n) is 1.76. The zero-order chi connectivity index (χ0) is 14.2. The first-order chi connectivity index (χ1) is 9.75. The van der Waals surface area contributed by atoms with Crippen molar-refractivity contribution in [1.29, 1.82) is 0 Å². The van der Waals surface area contributed by atoms with Crippen molar-refractivity contribution >= 4 is 18.0 Å². The Balaban J connectivity index is 1.71. The molecule has 1 aromatic rings. The van der Waals surface area contributed by atoms with Gasteiger partial charge in [0, 0.05) is 31.1 Å². The molecule has 0 spiro atoms. The summed E-state index contributed by atoms with van der Waals surface area (Å²) in [6.07, 6.45) is 6.54. The number of hydrogen-bond acceptors (Lipinski definition) is 5. The van der Waals surface area contributed by atoms with Gasteiger partial charge >= 0.3 is 11.8 Å². The van der Waals surface area contributed by atoms with Gasteiger partial charge in [0.2, 0.25) is 0 Å². The predicted molar refractivity (Wildman–Crippen MR) is 72.0 cm³/mol. The summed E-state index contributed by atoms with van der Waals surface area (Å²) in [6.45, 7) is 1.06. The van der Waals surface area contributed by atoms with Gasteiger partial charge in [-0.3, -0.25) is 14.6 Å². The van der Waals surface area contributed by atoms with E-state index >= 15 is 0 Å². The van der Waals surface area contributed by atoms with Crippen molar-refractivity contribution in [3.05, 3.63) is 30.1 Å². The third kappa shape index (κ3) is 4.43. The minimum atomic E-state index is -0.803. The maximum Gasteiger partial charge on any atom is 0.329 e. The molecular formula is C13H16N4O3. The number of pyridine rings is 1. The molecule has 7 heteroatoms. The summed E-state index contributed by atoms with van der Waals surface area (Å²) >= 11 is 0. The maximum absolute atomic E-state index is 11.5. The molecule has 0 bridgehead atoms. The topological polar surface area (TPSA) is 92.7 Å². The molecule has 7 nitrogen and oxygen atoms in total. The molecule has 1 unspecified atom stereocenters. The number of hydrogen-bond donors (Lipinski definition) is 2. The first kappa shape index (κ1) is 14.1. The minimum absolute atomic E-state index is 0.00523. The van der Waals surface area contributed by atoms with Gasteiger partial charge in [-0.2, -0.15) is 5.10 Å². The third-order valence-electron chi connectivity index (χ3n) is 2.78. The molecule has 2 N–H and O–H groups in total. The van der Waals surface area contributed by atoms with Gasteiger partial charge in [0.05, 0.1) is 12.3 Å². The van der Waals surface area contributed by atoms with Gasteiger partial charge in [0.1, 0.15) is 0 Å². The Labute approximate surface area is 116 Å². The molecule has 1 saturated heterocycles. The van der Waals surface area contributed by atoms with Crippen molar-refractivity contribution in [2.24, 2.45) is 5.10 Å². The van der Waals surface area contributed by atoms with E-state index in [1.807, 2.05) is 0 Å². The zero-order valence-corrected chi connectivity index (χ0v) is 10.9. The van der Waals surface area contributed by atoms with Crippen molar-refractivity contribution in [3.63, 3.8) is 0 Å². The van der Waals surface area contributed by atoms with Crippen LogP contribution in [0.15, 0.2) is 29.6 Å². The number of rotatable bonds is 4. The smallest absolute Gasteiger partial charge is 0.329 e. The number of nitrogens with one attached hydrogen (secondary N) is 2. The maximum atomic E-state index is 11.5. The van der Waals surface area contributed by atoms with Crippen LogP contribution in [0.5, 0.6) is 0 Å². The Bertz CT molecular complexity index is 484. The van der Waals surface area contributed by atoms with Crippen LogP contribution in [0.1, 0.15) is 18.4 Å². The van der Waals surface area contributed by atoms with Crippen LogP contribution >= 0.6 is 0 Å². The molecule has 106 valence electrons. The van der Waals surface area contributed by atoms with Gasteiger partial charge in [-0.25, -0.2) is 5.43 Å². The van der Waals surface area contributed by atoms with E-state index in [1.165, 1.54) is 6.21 Å². The van der Waals surface area contributed by atoms with Gasteiger partial charge in [-0.05, 0) is 18.9 Å². The highest BCUT2D eigenvalue weighted by Gasteiger charge is 2.18. The number of carbonyl (C=O) groups excluding carboxylic acids is 2. The van der Waals surface area contributed by atoms with E-state index in [0.29, 0.717) is 13.2 Å². The molecule has 2 amide bonds. The second-order valence-corrected chi connectivity index (χ2v) is 4.33. The van der Waals surface area contributed by atoms with Crippen LogP contribution in [-0.4, -0.2) is 42.3 Å². The molecule has 2 heterocycles. The van der Waals surface area contributed by atoms with E-state index < -0.39 is 11.8 Å². The fourth-order valence-corrected chi connectivity index (χ4v) is 1.76. The largest absolute Gasteiger partial charge is 0.376 e. The van der Waals surface area contributed by atoms with Crippen molar-refractivity contribution < 1.29 is 14.3 Å². The van der Waals surface area contributed by atoms with Crippen LogP contribution in [0, 0.1) is 0 Å². The van der Waals surface area contributed by atoms with Crippen molar-refractivity contribution in [3.8, 4) is 0 Å². The Kier molecular flexibility index (Phi) is 5.19. The van der Waals surface area contributed by atoms with E-state index in [0.717, 1.165) is 18.4 Å². The highest BCUT2D eigenvalue weighted by molar-refractivity contribution is 6.35. The molecule has 20 heavy (non-hydrogen) atoms. The number of hydrazone groups is 1. The van der Waals surface area contributed by atoms with Crippen LogP contribution in [0.2, 0.25) is 0 Å². The molecule has 1 aliphatic rings. The summed E-state index contributed by atoms with van der Waals surface area (Å²) in [5.74, 6) is -1.52. The second kappa shape index (κ2) is 7.34. The Morgan fingerprint density at radius 3 is 3.10 bits per heavy atom. The third-order valence-corrected chi connectivity index (χ3v) is 2.78. The van der Waals surface area contributed by atoms with Crippen LogP contribution in [0.4, 0.5) is 0 Å². The molecule has 2 rings (SSSR count). The lowest BCUT2D eigenvalue weighted by molar-refractivity contribution is -0.139. The van der Waals surface area contributed by atoms with E-state index in [2.05, 4.69) is 20.8 Å². The van der Waals surface area contributed by atoms with Crippen LogP contribution in [0.3, 0.4) is 0 Å². The summed E-state index contributed by atoms with van der Waals surface area (Å²) in [5, 5.41) is 6.20. The van der Waals surface area contributed by atoms with Crippen LogP contribution in [0.25, 0.3) is 0 Å². The molecule has 1 aliphatic heterocycles. The fraction of sp³-hybridized carbons (Fsp3) is 0.385. The highest BCUT2D eigenvalue weighted by Crippen LogP contribution is 2.10. The van der Waals surface area contributed by atoms with Gasteiger partial charge in [-0.15, -0.1) is 0 Å². The summed E-state index contributed by atoms with van der Waals surface area (Å²) in [6, 6.07) is 3.53. The number of aromatic nitrogens is 1. The zero-order valence-electron chi connectivity index (χ0n) is 10.9. The summed E-state index contributed by atoms with van der Waals surface area (Å²) < 4.78 is 5.34. The lowest BCUT2D eigenvalue weighted by Gasteiger charge is -2.09. The molecule has 0 aromatic carbocycles. The lowest BCUT2D eigenvalue weighted by Crippen LogP contribution is -2.41. The molecule has 1 atom stereocenters. The average Bonchev–Trinajstić information content (AvgIpc) is 2.99. The number of nitrogens with zero attached hydrogens (tertiary/aromatic N) is 2. The average molecular weight is 276 g/mol. The summed E-state index contributed by atoms with van der Waals surface area (Å²) in [5.41, 5.74) is 2.89. The molecule has 1 aromatic heterocycles. The van der Waals surface area contributed by atoms with Gasteiger partial charge in [0.25, 0.3) is 0 Å². The molecule has 0 aliphatic carbocycles. The number of carbonyl (C=O) groups is 2. The minimum Gasteiger partial charge on any atom is -0.376 e. The molecular weight excluding hydrogens is 260 g/mol. The first-order valence-corrected chi connectivity index (χ1v) is 6.38. The SMILES string of the molecule is O=C(NCC1CCCO1)C(=O)N/N=C/c1cccnc1. The standard InChI is InChI=1S/C13H16N4O3/c18-12(15-9-11-4-2-6-20-11)13(19)17-16-8-10-3-1-5-14-7-10/h1,3,5,7-8,11H,2,4,6,9H2,(H,15,18)(H,17,19)/b16-8+. The van der Waals surface area contributed by atoms with Crippen molar-refractivity contribution in [2.45, 2.75) is 18.9 Å².